The zero-order valence-corrected chi connectivity index (χ0v) is 6.55. The van der Waals surface area contributed by atoms with E-state index >= 15 is 0 Å². The van der Waals surface area contributed by atoms with Gasteiger partial charge in [-0.25, -0.2) is 0 Å². The Labute approximate surface area is 50.4 Å². The van der Waals surface area contributed by atoms with E-state index in [1.807, 2.05) is 7.11 Å². The molecule has 0 rings (SSSR count). The van der Waals surface area contributed by atoms with Crippen molar-refractivity contribution in [3.8, 4) is 0 Å². The lowest BCUT2D eigenvalue weighted by atomic mass is 10.6. The Hall–Kier alpha value is 0.492. The summed E-state index contributed by atoms with van der Waals surface area (Å²) < 4.78 is 5.13. The molecule has 0 unspecified atom stereocenters. The quantitative estimate of drug-likeness (QED) is 0.509. The van der Waals surface area contributed by atoms with E-state index in [2.05, 4.69) is 12.7 Å². The van der Waals surface area contributed by atoms with Crippen LogP contribution in [0.5, 0.6) is 0 Å². The molecular formula is C5H13AlO. The third-order valence-corrected chi connectivity index (χ3v) is 3.29. The Morgan fingerprint density at radius 2 is 2.14 bits per heavy atom. The zero-order chi connectivity index (χ0) is 5.70. The lowest BCUT2D eigenvalue weighted by Gasteiger charge is -1.97. The maximum absolute atomic E-state index is 5.13. The lowest BCUT2D eigenvalue weighted by Crippen LogP contribution is -2.07. The minimum Gasteiger partial charge on any atom is -0.503 e. The van der Waals surface area contributed by atoms with E-state index in [0.717, 1.165) is 0 Å². The van der Waals surface area contributed by atoms with Gasteiger partial charge in [0.05, 0.1) is 0 Å². The van der Waals surface area contributed by atoms with Crippen LogP contribution in [-0.2, 0) is 3.79 Å². The van der Waals surface area contributed by atoms with Crippen molar-refractivity contribution in [2.45, 2.75) is 24.4 Å². The molecule has 0 aromatic carbocycles. The van der Waals surface area contributed by atoms with Gasteiger partial charge in [-0.2, -0.15) is 0 Å². The van der Waals surface area contributed by atoms with Crippen LogP contribution >= 0.6 is 0 Å². The molecule has 0 aromatic rings. The van der Waals surface area contributed by atoms with Crippen LogP contribution in [0, 0.1) is 0 Å². The van der Waals surface area contributed by atoms with Crippen LogP contribution in [0.25, 0.3) is 0 Å². The summed E-state index contributed by atoms with van der Waals surface area (Å²) in [7, 11) is 1.81. The lowest BCUT2D eigenvalue weighted by molar-refractivity contribution is 0.423. The molecule has 0 saturated heterocycles. The van der Waals surface area contributed by atoms with Gasteiger partial charge < -0.3 is 3.79 Å². The molecule has 0 aliphatic heterocycles. The van der Waals surface area contributed by atoms with Gasteiger partial charge in [-0.1, -0.05) is 24.4 Å². The van der Waals surface area contributed by atoms with Gasteiger partial charge in [0.2, 0.25) is 0 Å². The fourth-order valence-corrected chi connectivity index (χ4v) is 1.57. The van der Waals surface area contributed by atoms with Gasteiger partial charge >= 0.3 is 14.5 Å². The van der Waals surface area contributed by atoms with Gasteiger partial charge in [-0.3, -0.25) is 0 Å². The van der Waals surface area contributed by atoms with Crippen LogP contribution in [0.3, 0.4) is 0 Å². The zero-order valence-electron chi connectivity index (χ0n) is 5.40. The van der Waals surface area contributed by atoms with Gasteiger partial charge in [0.25, 0.3) is 0 Å². The highest BCUT2D eigenvalue weighted by atomic mass is 27.2. The topological polar surface area (TPSA) is 9.23 Å². The molecule has 0 fully saturated rings. The Morgan fingerprint density at radius 3 is 2.29 bits per heavy atom. The molecule has 0 aliphatic carbocycles. The standard InChI is InChI=1S/C3H7.CH3O.CH3.Al/c1-3-2;1-2;;/h1,3H2,2H3;1H3;1H3;/q;-1;;+1. The average molecular weight is 116 g/mol. The van der Waals surface area contributed by atoms with Crippen molar-refractivity contribution in [3.63, 3.8) is 0 Å². The van der Waals surface area contributed by atoms with E-state index in [-0.39, 0.29) is 0 Å². The largest absolute Gasteiger partial charge is 0.503 e. The summed E-state index contributed by atoms with van der Waals surface area (Å²) in [6, 6.07) is 0. The fraction of sp³-hybridized carbons (Fsp3) is 1.00. The molecule has 0 saturated carbocycles. The third-order valence-electron chi connectivity index (χ3n) is 1.10. The Morgan fingerprint density at radius 1 is 1.57 bits per heavy atom. The summed E-state index contributed by atoms with van der Waals surface area (Å²) in [4.78, 5) is 0. The van der Waals surface area contributed by atoms with Crippen LogP contribution in [0.1, 0.15) is 13.3 Å². The summed E-state index contributed by atoms with van der Waals surface area (Å²) in [6.45, 7) is 2.20. The van der Waals surface area contributed by atoms with Crippen LogP contribution in [0.4, 0.5) is 0 Å². The van der Waals surface area contributed by atoms with Crippen molar-refractivity contribution < 1.29 is 3.79 Å². The van der Waals surface area contributed by atoms with Crippen LogP contribution in [0.2, 0.25) is 11.1 Å². The highest BCUT2D eigenvalue weighted by Gasteiger charge is 2.06. The molecule has 0 amide bonds. The van der Waals surface area contributed by atoms with Crippen molar-refractivity contribution in [2.75, 3.05) is 7.11 Å². The maximum atomic E-state index is 5.13. The first-order chi connectivity index (χ1) is 3.31. The second kappa shape index (κ2) is 4.65. The summed E-state index contributed by atoms with van der Waals surface area (Å²) in [5, 5.41) is 1.32. The highest BCUT2D eigenvalue weighted by Crippen LogP contribution is 1.94. The predicted molar refractivity (Wildman–Crippen MR) is 33.7 cm³/mol. The second-order valence-electron chi connectivity index (χ2n) is 1.83. The molecule has 1 nitrogen and oxygen atoms in total. The Kier molecular flexibility index (Phi) is 4.97. The summed E-state index contributed by atoms with van der Waals surface area (Å²) >= 11 is -0.681. The molecule has 0 aliphatic rings. The smallest absolute Gasteiger partial charge is 0.457 e. The van der Waals surface area contributed by atoms with E-state index in [0.29, 0.717) is 0 Å². The van der Waals surface area contributed by atoms with Gasteiger partial charge in [0.15, 0.2) is 0 Å². The van der Waals surface area contributed by atoms with Crippen molar-refractivity contribution in [1.29, 1.82) is 0 Å². The first-order valence-electron chi connectivity index (χ1n) is 2.84. The van der Waals surface area contributed by atoms with Gasteiger partial charge in [0, 0.05) is 7.11 Å². The van der Waals surface area contributed by atoms with E-state index < -0.39 is 14.5 Å². The normalized spacial score (nSPS) is 9.00. The van der Waals surface area contributed by atoms with Crippen LogP contribution in [0.15, 0.2) is 0 Å². The SMILES string of the molecule is CC[CH2][Al]([CH3])[O]C. The third kappa shape index (κ3) is 4.34. The van der Waals surface area contributed by atoms with Gasteiger partial charge in [-0.15, -0.1) is 0 Å². The minimum absolute atomic E-state index is 0.681. The number of rotatable bonds is 3. The predicted octanol–water partition coefficient (Wildman–Crippen LogP) is 1.66. The van der Waals surface area contributed by atoms with Crippen molar-refractivity contribution in [1.82, 2.24) is 0 Å². The molecule has 0 spiro atoms. The summed E-state index contributed by atoms with van der Waals surface area (Å²) in [6.07, 6.45) is 1.28. The molecular weight excluding hydrogens is 103 g/mol. The molecule has 0 bridgehead atoms. The highest BCUT2D eigenvalue weighted by molar-refractivity contribution is 6.50. The van der Waals surface area contributed by atoms with Crippen molar-refractivity contribution in [3.05, 3.63) is 0 Å². The fourth-order valence-electron chi connectivity index (χ4n) is 0.524. The van der Waals surface area contributed by atoms with Gasteiger partial charge in [0.1, 0.15) is 0 Å². The van der Waals surface area contributed by atoms with Crippen molar-refractivity contribution >= 4 is 14.5 Å². The first kappa shape index (κ1) is 7.49. The monoisotopic (exact) mass is 116 g/mol. The Bertz CT molecular complexity index is 39.1. The summed E-state index contributed by atoms with van der Waals surface area (Å²) in [5.74, 6) is 2.23. The molecule has 42 valence electrons. The molecule has 0 aromatic heterocycles. The van der Waals surface area contributed by atoms with Crippen LogP contribution in [-0.4, -0.2) is 21.6 Å². The number of hydrogen-bond acceptors (Lipinski definition) is 1. The van der Waals surface area contributed by atoms with E-state index in [1.165, 1.54) is 11.7 Å². The Balaban J connectivity index is 2.83. The number of hydrogen-bond donors (Lipinski definition) is 0. The van der Waals surface area contributed by atoms with E-state index in [9.17, 15) is 0 Å². The second-order valence-corrected chi connectivity index (χ2v) is 4.50. The molecule has 0 atom stereocenters. The van der Waals surface area contributed by atoms with Crippen LogP contribution < -0.4 is 0 Å². The first-order valence-corrected chi connectivity index (χ1v) is 5.28. The molecule has 0 radical (unpaired) electrons. The van der Waals surface area contributed by atoms with E-state index in [1.54, 1.807) is 0 Å². The molecule has 2 heteroatoms. The molecule has 0 N–H and O–H groups in total. The van der Waals surface area contributed by atoms with E-state index in [4.69, 9.17) is 3.79 Å². The maximum Gasteiger partial charge on any atom is 0.457 e. The van der Waals surface area contributed by atoms with Gasteiger partial charge in [-0.05, 0) is 0 Å². The molecule has 0 heterocycles. The average Bonchev–Trinajstić information content (AvgIpc) is 1.68. The molecule has 7 heavy (non-hydrogen) atoms. The van der Waals surface area contributed by atoms with Crippen molar-refractivity contribution in [2.24, 2.45) is 0 Å². The minimum atomic E-state index is -0.681. The summed E-state index contributed by atoms with van der Waals surface area (Å²) in [5.41, 5.74) is 0.